The summed E-state index contributed by atoms with van der Waals surface area (Å²) in [5, 5.41) is 0. The first-order chi connectivity index (χ1) is 9.72. The number of amides is 2. The van der Waals surface area contributed by atoms with E-state index in [2.05, 4.69) is 16.5 Å². The Morgan fingerprint density at radius 3 is 3.00 bits per heavy atom. The molecule has 2 aliphatic rings. The predicted octanol–water partition coefficient (Wildman–Crippen LogP) is 0.478. The third-order valence-electron chi connectivity index (χ3n) is 3.98. The normalized spacial score (nSPS) is 24.9. The third kappa shape index (κ3) is 1.97. The molecule has 2 aliphatic heterocycles. The first-order valence-electron chi connectivity index (χ1n) is 6.69. The van der Waals surface area contributed by atoms with E-state index in [0.717, 1.165) is 6.42 Å². The summed E-state index contributed by atoms with van der Waals surface area (Å²) in [6, 6.07) is 0.0677. The maximum atomic E-state index is 12.4. The molecule has 104 valence electrons. The summed E-state index contributed by atoms with van der Waals surface area (Å²) in [7, 11) is 0. The molecule has 2 amide bonds. The molecule has 2 saturated heterocycles. The minimum Gasteiger partial charge on any atom is -0.334 e. The second-order valence-electron chi connectivity index (χ2n) is 5.05. The molecule has 0 unspecified atom stereocenters. The zero-order chi connectivity index (χ0) is 14.1. The summed E-state index contributed by atoms with van der Waals surface area (Å²) >= 11 is 0. The summed E-state index contributed by atoms with van der Waals surface area (Å²) in [6.07, 6.45) is 7.45. The van der Waals surface area contributed by atoms with Crippen molar-refractivity contribution >= 4 is 11.8 Å². The van der Waals surface area contributed by atoms with Gasteiger partial charge < -0.3 is 9.80 Å². The lowest BCUT2D eigenvalue weighted by molar-refractivity contribution is -0.128. The number of rotatable bonds is 3. The SMILES string of the molecule is C=CCN1C(=O)C[C@@H]2[C@H]1CCN2C(=O)c1cnccn1. The molecule has 2 atom stereocenters. The average molecular weight is 272 g/mol. The van der Waals surface area contributed by atoms with Gasteiger partial charge in [0, 0.05) is 31.9 Å². The van der Waals surface area contributed by atoms with E-state index in [4.69, 9.17) is 0 Å². The largest absolute Gasteiger partial charge is 0.334 e. The van der Waals surface area contributed by atoms with Crippen LogP contribution >= 0.6 is 0 Å². The molecule has 0 aromatic carbocycles. The maximum Gasteiger partial charge on any atom is 0.274 e. The van der Waals surface area contributed by atoms with E-state index in [1.165, 1.54) is 18.6 Å². The summed E-state index contributed by atoms with van der Waals surface area (Å²) in [5.41, 5.74) is 0.336. The van der Waals surface area contributed by atoms with E-state index in [1.54, 1.807) is 11.0 Å². The Kier molecular flexibility index (Phi) is 3.22. The Labute approximate surface area is 117 Å². The zero-order valence-corrected chi connectivity index (χ0v) is 11.1. The number of nitrogens with zero attached hydrogens (tertiary/aromatic N) is 4. The van der Waals surface area contributed by atoms with Crippen molar-refractivity contribution in [3.63, 3.8) is 0 Å². The lowest BCUT2D eigenvalue weighted by Gasteiger charge is -2.24. The molecule has 0 aliphatic carbocycles. The van der Waals surface area contributed by atoms with E-state index < -0.39 is 0 Å². The van der Waals surface area contributed by atoms with Crippen molar-refractivity contribution in [2.24, 2.45) is 0 Å². The number of hydrogen-bond donors (Lipinski definition) is 0. The van der Waals surface area contributed by atoms with Crippen LogP contribution in [0, 0.1) is 0 Å². The molecule has 3 rings (SSSR count). The highest BCUT2D eigenvalue weighted by Gasteiger charge is 2.48. The van der Waals surface area contributed by atoms with Gasteiger partial charge in [-0.25, -0.2) is 4.98 Å². The van der Waals surface area contributed by atoms with Gasteiger partial charge in [-0.1, -0.05) is 6.08 Å². The molecule has 0 saturated carbocycles. The van der Waals surface area contributed by atoms with Gasteiger partial charge in [0.25, 0.3) is 5.91 Å². The molecule has 0 spiro atoms. The van der Waals surface area contributed by atoms with Gasteiger partial charge in [0.05, 0.1) is 18.3 Å². The van der Waals surface area contributed by atoms with Crippen LogP contribution in [-0.4, -0.2) is 56.8 Å². The summed E-state index contributed by atoms with van der Waals surface area (Å²) in [4.78, 5) is 36.0. The number of carbonyl (C=O) groups is 2. The number of aromatic nitrogens is 2. The van der Waals surface area contributed by atoms with E-state index >= 15 is 0 Å². The molecule has 3 heterocycles. The van der Waals surface area contributed by atoms with Crippen LogP contribution in [0.5, 0.6) is 0 Å². The van der Waals surface area contributed by atoms with Crippen molar-refractivity contribution in [2.45, 2.75) is 24.9 Å². The summed E-state index contributed by atoms with van der Waals surface area (Å²) in [6.45, 7) is 4.89. The third-order valence-corrected chi connectivity index (χ3v) is 3.98. The van der Waals surface area contributed by atoms with E-state index in [9.17, 15) is 9.59 Å². The zero-order valence-electron chi connectivity index (χ0n) is 11.1. The quantitative estimate of drug-likeness (QED) is 0.751. The molecule has 1 aromatic rings. The molecule has 6 nitrogen and oxygen atoms in total. The average Bonchev–Trinajstić information content (AvgIpc) is 3.00. The first kappa shape index (κ1) is 12.8. The molecule has 1 aromatic heterocycles. The highest BCUT2D eigenvalue weighted by molar-refractivity contribution is 5.93. The maximum absolute atomic E-state index is 12.4. The van der Waals surface area contributed by atoms with Gasteiger partial charge in [-0.3, -0.25) is 14.6 Å². The Morgan fingerprint density at radius 2 is 2.30 bits per heavy atom. The molecular weight excluding hydrogens is 256 g/mol. The molecule has 6 heteroatoms. The first-order valence-corrected chi connectivity index (χ1v) is 6.69. The van der Waals surface area contributed by atoms with Crippen LogP contribution in [0.2, 0.25) is 0 Å². The van der Waals surface area contributed by atoms with E-state index in [-0.39, 0.29) is 23.9 Å². The van der Waals surface area contributed by atoms with Crippen LogP contribution in [0.15, 0.2) is 31.2 Å². The second-order valence-corrected chi connectivity index (χ2v) is 5.05. The fourth-order valence-electron chi connectivity index (χ4n) is 3.11. The van der Waals surface area contributed by atoms with Gasteiger partial charge in [0.1, 0.15) is 5.69 Å². The Bertz CT molecular complexity index is 545. The molecule has 0 bridgehead atoms. The van der Waals surface area contributed by atoms with Gasteiger partial charge in [0.15, 0.2) is 0 Å². The Morgan fingerprint density at radius 1 is 1.45 bits per heavy atom. The topological polar surface area (TPSA) is 66.4 Å². The van der Waals surface area contributed by atoms with Gasteiger partial charge in [-0.05, 0) is 6.42 Å². The smallest absolute Gasteiger partial charge is 0.274 e. The fourth-order valence-corrected chi connectivity index (χ4v) is 3.11. The van der Waals surface area contributed by atoms with Gasteiger partial charge in [-0.15, -0.1) is 6.58 Å². The van der Waals surface area contributed by atoms with E-state index in [1.807, 2.05) is 4.90 Å². The Balaban J connectivity index is 1.80. The molecule has 0 radical (unpaired) electrons. The standard InChI is InChI=1S/C14H16N4O2/c1-2-6-17-11-3-7-18(12(11)8-13(17)19)14(20)10-9-15-4-5-16-10/h2,4-5,9,11-12H,1,3,6-8H2/t11-,12-/m1/s1. The molecule has 2 fully saturated rings. The number of hydrogen-bond acceptors (Lipinski definition) is 4. The molecular formula is C14H16N4O2. The van der Waals surface area contributed by atoms with Crippen molar-refractivity contribution in [1.29, 1.82) is 0 Å². The molecule has 0 N–H and O–H groups in total. The number of carbonyl (C=O) groups excluding carboxylic acids is 2. The predicted molar refractivity (Wildman–Crippen MR) is 71.8 cm³/mol. The second kappa shape index (κ2) is 5.03. The Hall–Kier alpha value is -2.24. The fraction of sp³-hybridized carbons (Fsp3) is 0.429. The number of fused-ring (bicyclic) bond motifs is 1. The van der Waals surface area contributed by atoms with Crippen LogP contribution in [0.1, 0.15) is 23.3 Å². The lowest BCUT2D eigenvalue weighted by atomic mass is 10.1. The highest BCUT2D eigenvalue weighted by Crippen LogP contribution is 2.32. The van der Waals surface area contributed by atoms with Crippen molar-refractivity contribution in [3.05, 3.63) is 36.9 Å². The van der Waals surface area contributed by atoms with Crippen LogP contribution in [0.3, 0.4) is 0 Å². The van der Waals surface area contributed by atoms with Gasteiger partial charge >= 0.3 is 0 Å². The monoisotopic (exact) mass is 272 g/mol. The summed E-state index contributed by atoms with van der Waals surface area (Å²) in [5.74, 6) is -0.0459. The van der Waals surface area contributed by atoms with Crippen LogP contribution in [-0.2, 0) is 4.79 Å². The lowest BCUT2D eigenvalue weighted by Crippen LogP contribution is -2.40. The van der Waals surface area contributed by atoms with Crippen LogP contribution in [0.4, 0.5) is 0 Å². The minimum absolute atomic E-state index is 0.0445. The minimum atomic E-state index is -0.140. The van der Waals surface area contributed by atoms with Crippen molar-refractivity contribution in [1.82, 2.24) is 19.8 Å². The molecule has 20 heavy (non-hydrogen) atoms. The van der Waals surface area contributed by atoms with Crippen molar-refractivity contribution < 1.29 is 9.59 Å². The van der Waals surface area contributed by atoms with Crippen molar-refractivity contribution in [2.75, 3.05) is 13.1 Å². The van der Waals surface area contributed by atoms with Gasteiger partial charge in [-0.2, -0.15) is 0 Å². The van der Waals surface area contributed by atoms with Crippen LogP contribution in [0.25, 0.3) is 0 Å². The van der Waals surface area contributed by atoms with Crippen LogP contribution < -0.4 is 0 Å². The highest BCUT2D eigenvalue weighted by atomic mass is 16.2. The summed E-state index contributed by atoms with van der Waals surface area (Å²) < 4.78 is 0. The van der Waals surface area contributed by atoms with Crippen molar-refractivity contribution in [3.8, 4) is 0 Å². The number of likely N-dealkylation sites (tertiary alicyclic amines) is 2. The van der Waals surface area contributed by atoms with E-state index in [0.29, 0.717) is 25.2 Å². The van der Waals surface area contributed by atoms with Gasteiger partial charge in [0.2, 0.25) is 5.91 Å².